The zero-order valence-electron chi connectivity index (χ0n) is 14.7. The molecule has 0 aliphatic heterocycles. The van der Waals surface area contributed by atoms with Gasteiger partial charge in [-0.05, 0) is 31.9 Å². The average molecular weight is 356 g/mol. The maximum atomic E-state index is 12.2. The van der Waals surface area contributed by atoms with Crippen molar-refractivity contribution < 1.29 is 9.53 Å². The molecule has 0 saturated heterocycles. The quantitative estimate of drug-likeness (QED) is 0.760. The van der Waals surface area contributed by atoms with Crippen molar-refractivity contribution in [3.05, 3.63) is 47.4 Å². The van der Waals surface area contributed by atoms with Gasteiger partial charge < -0.3 is 9.30 Å². The fourth-order valence-electron chi connectivity index (χ4n) is 2.56. The number of thiazole rings is 1. The fraction of sp³-hybridized carbons (Fsp3) is 0.278. The van der Waals surface area contributed by atoms with E-state index in [9.17, 15) is 4.79 Å². The van der Waals surface area contributed by atoms with Crippen molar-refractivity contribution in [2.45, 2.75) is 20.8 Å². The van der Waals surface area contributed by atoms with E-state index < -0.39 is 0 Å². The monoisotopic (exact) mass is 356 g/mol. The number of rotatable bonds is 5. The molecule has 0 saturated carbocycles. The van der Waals surface area contributed by atoms with Crippen LogP contribution in [0.3, 0.4) is 0 Å². The second kappa shape index (κ2) is 7.06. The van der Waals surface area contributed by atoms with Gasteiger partial charge in [0, 0.05) is 19.4 Å². The number of hydrogen-bond acceptors (Lipinski definition) is 5. The van der Waals surface area contributed by atoms with Crippen LogP contribution in [0.25, 0.3) is 10.7 Å². The maximum absolute atomic E-state index is 12.2. The largest absolute Gasteiger partial charge is 0.483 e. The third-order valence-corrected chi connectivity index (χ3v) is 4.89. The fourth-order valence-corrected chi connectivity index (χ4v) is 3.58. The number of anilines is 1. The summed E-state index contributed by atoms with van der Waals surface area (Å²) < 4.78 is 7.61. The number of amides is 1. The van der Waals surface area contributed by atoms with Crippen LogP contribution in [-0.4, -0.2) is 27.0 Å². The van der Waals surface area contributed by atoms with Crippen LogP contribution in [0.15, 0.2) is 30.6 Å². The summed E-state index contributed by atoms with van der Waals surface area (Å²) in [5, 5.41) is 3.35. The van der Waals surface area contributed by atoms with Crippen molar-refractivity contribution in [1.82, 2.24) is 14.5 Å². The first-order chi connectivity index (χ1) is 12.0. The lowest BCUT2D eigenvalue weighted by Gasteiger charge is -2.11. The number of aryl methyl sites for hydroxylation is 4. The lowest BCUT2D eigenvalue weighted by Crippen LogP contribution is -2.20. The molecule has 0 fully saturated rings. The summed E-state index contributed by atoms with van der Waals surface area (Å²) in [5.41, 5.74) is 2.86. The molecule has 0 aliphatic rings. The average Bonchev–Trinajstić information content (AvgIpc) is 3.12. The molecule has 0 bridgehead atoms. The molecule has 0 atom stereocenters. The number of nitrogens with zero attached hydrogens (tertiary/aromatic N) is 3. The number of hydrogen-bond donors (Lipinski definition) is 1. The minimum Gasteiger partial charge on any atom is -0.483 e. The summed E-state index contributed by atoms with van der Waals surface area (Å²) in [4.78, 5) is 21.9. The molecule has 7 heteroatoms. The Hall–Kier alpha value is -2.67. The molecule has 6 nitrogen and oxygen atoms in total. The number of imidazole rings is 1. The number of carbonyl (C=O) groups is 1. The van der Waals surface area contributed by atoms with Gasteiger partial charge in [0.2, 0.25) is 0 Å². The second-order valence-electron chi connectivity index (χ2n) is 5.85. The minimum atomic E-state index is -0.234. The van der Waals surface area contributed by atoms with Crippen LogP contribution < -0.4 is 10.1 Å². The van der Waals surface area contributed by atoms with Gasteiger partial charge in [-0.1, -0.05) is 29.5 Å². The Morgan fingerprint density at radius 2 is 2.00 bits per heavy atom. The first kappa shape index (κ1) is 17.2. The van der Waals surface area contributed by atoms with Gasteiger partial charge in [0.25, 0.3) is 5.91 Å². The number of para-hydroxylation sites is 1. The first-order valence-corrected chi connectivity index (χ1v) is 8.71. The molecule has 2 heterocycles. The molecule has 25 heavy (non-hydrogen) atoms. The van der Waals surface area contributed by atoms with Gasteiger partial charge in [-0.3, -0.25) is 10.1 Å². The highest BCUT2D eigenvalue weighted by atomic mass is 32.1. The third kappa shape index (κ3) is 3.71. The summed E-state index contributed by atoms with van der Waals surface area (Å²) in [6.45, 7) is 5.78. The van der Waals surface area contributed by atoms with Crippen LogP contribution in [0.2, 0.25) is 0 Å². The van der Waals surface area contributed by atoms with Gasteiger partial charge in [-0.15, -0.1) is 0 Å². The summed E-state index contributed by atoms with van der Waals surface area (Å²) in [5.74, 6) is 1.35. The molecule has 1 amide bonds. The minimum absolute atomic E-state index is 0.0535. The van der Waals surface area contributed by atoms with Gasteiger partial charge in [0.1, 0.15) is 5.75 Å². The zero-order chi connectivity index (χ0) is 18.0. The highest BCUT2D eigenvalue weighted by molar-refractivity contribution is 7.19. The molecule has 0 spiro atoms. The SMILES string of the molecule is Cc1cccc(C)c1OCC(=O)Nc1nc(C)c(-c2nccn2C)s1. The van der Waals surface area contributed by atoms with E-state index in [0.29, 0.717) is 5.13 Å². The van der Waals surface area contributed by atoms with E-state index in [4.69, 9.17) is 4.74 Å². The normalized spacial score (nSPS) is 10.7. The number of carbonyl (C=O) groups excluding carboxylic acids is 1. The van der Waals surface area contributed by atoms with Gasteiger partial charge in [0.15, 0.2) is 17.6 Å². The van der Waals surface area contributed by atoms with Crippen LogP contribution in [0.1, 0.15) is 16.8 Å². The molecule has 0 aliphatic carbocycles. The van der Waals surface area contributed by atoms with E-state index in [1.165, 1.54) is 11.3 Å². The molecule has 0 unspecified atom stereocenters. The highest BCUT2D eigenvalue weighted by Crippen LogP contribution is 2.31. The van der Waals surface area contributed by atoms with Crippen molar-refractivity contribution >= 4 is 22.4 Å². The Balaban J connectivity index is 1.67. The highest BCUT2D eigenvalue weighted by Gasteiger charge is 2.15. The second-order valence-corrected chi connectivity index (χ2v) is 6.85. The summed E-state index contributed by atoms with van der Waals surface area (Å²) in [7, 11) is 1.93. The van der Waals surface area contributed by atoms with Crippen LogP contribution >= 0.6 is 11.3 Å². The lowest BCUT2D eigenvalue weighted by atomic mass is 10.1. The van der Waals surface area contributed by atoms with Crippen LogP contribution in [-0.2, 0) is 11.8 Å². The van der Waals surface area contributed by atoms with E-state index >= 15 is 0 Å². The Morgan fingerprint density at radius 1 is 1.28 bits per heavy atom. The number of ether oxygens (including phenoxy) is 1. The third-order valence-electron chi connectivity index (χ3n) is 3.82. The molecule has 3 rings (SSSR count). The van der Waals surface area contributed by atoms with E-state index in [-0.39, 0.29) is 12.5 Å². The van der Waals surface area contributed by atoms with Crippen LogP contribution in [0.4, 0.5) is 5.13 Å². The molecular weight excluding hydrogens is 336 g/mol. The molecule has 0 radical (unpaired) electrons. The summed E-state index contributed by atoms with van der Waals surface area (Å²) in [6.07, 6.45) is 3.62. The topological polar surface area (TPSA) is 69.0 Å². The predicted octanol–water partition coefficient (Wildman–Crippen LogP) is 3.49. The molecule has 3 aromatic rings. The molecule has 2 aromatic heterocycles. The van der Waals surface area contributed by atoms with Crippen molar-refractivity contribution in [2.75, 3.05) is 11.9 Å². The molecular formula is C18H20N4O2S. The van der Waals surface area contributed by atoms with Gasteiger partial charge in [-0.2, -0.15) is 0 Å². The van der Waals surface area contributed by atoms with Crippen molar-refractivity contribution in [3.63, 3.8) is 0 Å². The maximum Gasteiger partial charge on any atom is 0.264 e. The number of nitrogens with one attached hydrogen (secondary N) is 1. The van der Waals surface area contributed by atoms with Crippen molar-refractivity contribution in [1.29, 1.82) is 0 Å². The lowest BCUT2D eigenvalue weighted by molar-refractivity contribution is -0.118. The standard InChI is InChI=1S/C18H20N4O2S/c1-11-6-5-7-12(2)15(11)24-10-14(23)21-18-20-13(3)16(25-18)17-19-8-9-22(17)4/h5-9H,10H2,1-4H3,(H,20,21,23). The molecule has 130 valence electrons. The van der Waals surface area contributed by atoms with E-state index in [2.05, 4.69) is 15.3 Å². The summed E-state index contributed by atoms with van der Waals surface area (Å²) >= 11 is 1.41. The van der Waals surface area contributed by atoms with E-state index in [1.54, 1.807) is 6.20 Å². The van der Waals surface area contributed by atoms with Crippen molar-refractivity contribution in [2.24, 2.45) is 7.05 Å². The number of benzene rings is 1. The Morgan fingerprint density at radius 3 is 2.64 bits per heavy atom. The Kier molecular flexibility index (Phi) is 4.85. The van der Waals surface area contributed by atoms with Crippen LogP contribution in [0.5, 0.6) is 5.75 Å². The predicted molar refractivity (Wildman–Crippen MR) is 99.1 cm³/mol. The first-order valence-electron chi connectivity index (χ1n) is 7.89. The van der Waals surface area contributed by atoms with Crippen molar-refractivity contribution in [3.8, 4) is 16.5 Å². The van der Waals surface area contributed by atoms with E-state index in [0.717, 1.165) is 33.3 Å². The Labute approximate surface area is 150 Å². The van der Waals surface area contributed by atoms with E-state index in [1.807, 2.05) is 56.8 Å². The number of aromatic nitrogens is 3. The van der Waals surface area contributed by atoms with Gasteiger partial charge in [-0.25, -0.2) is 9.97 Å². The zero-order valence-corrected chi connectivity index (χ0v) is 15.5. The smallest absolute Gasteiger partial charge is 0.264 e. The summed E-state index contributed by atoms with van der Waals surface area (Å²) in [6, 6.07) is 5.89. The van der Waals surface area contributed by atoms with Gasteiger partial charge in [0.05, 0.1) is 10.6 Å². The van der Waals surface area contributed by atoms with Gasteiger partial charge >= 0.3 is 0 Å². The Bertz CT molecular complexity index is 893. The molecule has 1 aromatic carbocycles. The molecule has 1 N–H and O–H groups in total. The van der Waals surface area contributed by atoms with Crippen LogP contribution in [0, 0.1) is 20.8 Å².